The van der Waals surface area contributed by atoms with Gasteiger partial charge in [0.25, 0.3) is 17.7 Å². The Morgan fingerprint density at radius 3 is 1.38 bits per heavy atom. The van der Waals surface area contributed by atoms with Crippen molar-refractivity contribution in [3.05, 3.63) is 107 Å². The standard InChI is InChI=1S/C16H17F3N4O3.C14H12F3N3O4.C11H7F3N4O4/c1-23-7-5-10(6-8-23)14-21-22-15(25-14)20-13(24)11-3-2-4-12(9-11)26-16(17,18)19;15-14(16,17)24-9-4-1-3-8(7-9)11(21)18-13-20-19-12(23-13)10-5-2-6-22-10;12-11(13,14)22-6-3-1-2-5(4-6)8(20)16-10-18-17-9(21-10)7(15)19/h2-4,9-10H,5-8H2,1H3,(H,20,22,24);1,3-4,7,10H,2,5-6H2,(H,18,20,21);1-4H,(H2,15,19)(H,16,18,20). The van der Waals surface area contributed by atoms with E-state index in [2.05, 4.69) is 65.7 Å². The summed E-state index contributed by atoms with van der Waals surface area (Å²) >= 11 is 0. The molecule has 22 nitrogen and oxygen atoms in total. The number of amides is 4. The number of ether oxygens (including phenoxy) is 4. The van der Waals surface area contributed by atoms with E-state index in [1.54, 1.807) is 0 Å². The highest BCUT2D eigenvalue weighted by Crippen LogP contribution is 2.31. The maximum atomic E-state index is 12.3. The number of likely N-dealkylation sites (tertiary alicyclic amines) is 1. The first kappa shape index (κ1) is 53.0. The van der Waals surface area contributed by atoms with Crippen LogP contribution in [0.5, 0.6) is 17.2 Å². The maximum Gasteiger partial charge on any atom is 0.573 e. The van der Waals surface area contributed by atoms with Crippen molar-refractivity contribution in [3.63, 3.8) is 0 Å². The van der Waals surface area contributed by atoms with Crippen molar-refractivity contribution >= 4 is 41.7 Å². The number of carbonyl (C=O) groups is 4. The SMILES string of the molecule is CN1CCC(c2nnc(NC(=O)c3cccc(OC(F)(F)F)c3)o2)CC1.NC(=O)c1nnc(NC(=O)c2cccc(OC(F)(F)F)c2)o1.O=C(Nc1nnc(C2CCCO2)o1)c1cccc(OC(F)(F)F)c1. The first-order chi connectivity index (χ1) is 33.9. The zero-order valence-corrected chi connectivity index (χ0v) is 36.6. The van der Waals surface area contributed by atoms with Gasteiger partial charge in [0.05, 0.1) is 0 Å². The quantitative estimate of drug-likeness (QED) is 0.0867. The number of aromatic nitrogens is 6. The molecule has 3 aromatic carbocycles. The molecule has 3 aromatic heterocycles. The van der Waals surface area contributed by atoms with Gasteiger partial charge in [0.2, 0.25) is 11.8 Å². The lowest BCUT2D eigenvalue weighted by Crippen LogP contribution is -2.29. The van der Waals surface area contributed by atoms with Crippen molar-refractivity contribution < 1.29 is 90.9 Å². The van der Waals surface area contributed by atoms with Crippen LogP contribution in [-0.2, 0) is 4.74 Å². The van der Waals surface area contributed by atoms with Crippen molar-refractivity contribution in [2.75, 3.05) is 42.7 Å². The average molecular weight is 1030 g/mol. The molecule has 8 rings (SSSR count). The zero-order valence-electron chi connectivity index (χ0n) is 36.6. The van der Waals surface area contributed by atoms with Crippen LogP contribution in [-0.4, -0.2) is 105 Å². The van der Waals surface area contributed by atoms with Crippen LogP contribution >= 0.6 is 0 Å². The molecule has 1 unspecified atom stereocenters. The Kier molecular flexibility index (Phi) is 17.0. The van der Waals surface area contributed by atoms with Crippen LogP contribution < -0.4 is 35.9 Å². The maximum absolute atomic E-state index is 12.3. The number of benzene rings is 3. The number of piperidine rings is 1. The third-order valence-corrected chi connectivity index (χ3v) is 9.44. The Balaban J connectivity index is 0.000000177. The number of halogens is 9. The molecule has 0 saturated carbocycles. The summed E-state index contributed by atoms with van der Waals surface area (Å²) in [6.07, 6.45) is -11.5. The molecule has 6 aromatic rings. The van der Waals surface area contributed by atoms with E-state index in [4.69, 9.17) is 23.7 Å². The molecule has 4 amide bonds. The fraction of sp³-hybridized carbons (Fsp3) is 0.317. The molecule has 0 aliphatic carbocycles. The molecule has 5 heterocycles. The number of nitrogens with one attached hydrogen (secondary N) is 3. The van der Waals surface area contributed by atoms with Gasteiger partial charge in [-0.3, -0.25) is 35.1 Å². The summed E-state index contributed by atoms with van der Waals surface area (Å²) in [6, 6.07) is 13.0. The van der Waals surface area contributed by atoms with Crippen molar-refractivity contribution in [1.29, 1.82) is 0 Å². The van der Waals surface area contributed by atoms with Crippen molar-refractivity contribution in [2.45, 2.75) is 56.8 Å². The van der Waals surface area contributed by atoms with Crippen LogP contribution in [0.25, 0.3) is 0 Å². The Hall–Kier alpha value is -8.35. The molecule has 2 saturated heterocycles. The minimum Gasteiger partial charge on any atom is -0.408 e. The second-order valence-corrected chi connectivity index (χ2v) is 14.8. The fourth-order valence-corrected chi connectivity index (χ4v) is 6.28. The minimum absolute atomic E-state index is 0.0224. The second-order valence-electron chi connectivity index (χ2n) is 14.8. The van der Waals surface area contributed by atoms with E-state index in [0.717, 1.165) is 75.2 Å². The summed E-state index contributed by atoms with van der Waals surface area (Å²) < 4.78 is 142. The van der Waals surface area contributed by atoms with E-state index in [1.165, 1.54) is 36.4 Å². The van der Waals surface area contributed by atoms with Gasteiger partial charge in [0.1, 0.15) is 23.4 Å². The lowest BCUT2D eigenvalue weighted by atomic mass is 9.97. The molecule has 0 bridgehead atoms. The first-order valence-electron chi connectivity index (χ1n) is 20.6. The lowest BCUT2D eigenvalue weighted by molar-refractivity contribution is -0.275. The number of hydrogen-bond donors (Lipinski definition) is 4. The first-order valence-corrected chi connectivity index (χ1v) is 20.6. The van der Waals surface area contributed by atoms with E-state index >= 15 is 0 Å². The monoisotopic (exact) mass is 1030 g/mol. The van der Waals surface area contributed by atoms with E-state index in [-0.39, 0.29) is 46.6 Å². The van der Waals surface area contributed by atoms with Gasteiger partial charge in [-0.05, 0) is 100 Å². The van der Waals surface area contributed by atoms with E-state index in [0.29, 0.717) is 12.5 Å². The molecule has 31 heteroatoms. The second kappa shape index (κ2) is 23.0. The van der Waals surface area contributed by atoms with E-state index in [1.807, 2.05) is 7.05 Å². The number of hydrogen-bond acceptors (Lipinski definition) is 18. The molecule has 0 radical (unpaired) electrons. The van der Waals surface area contributed by atoms with Crippen LogP contribution in [0.4, 0.5) is 57.6 Å². The molecule has 5 N–H and O–H groups in total. The van der Waals surface area contributed by atoms with Gasteiger partial charge >= 0.3 is 48.9 Å². The Labute approximate surface area is 397 Å². The van der Waals surface area contributed by atoms with Gasteiger partial charge in [-0.25, -0.2) is 0 Å². The van der Waals surface area contributed by atoms with Crippen molar-refractivity contribution in [1.82, 2.24) is 35.5 Å². The number of alkyl halides is 9. The molecule has 2 aliphatic rings. The third-order valence-electron chi connectivity index (χ3n) is 9.44. The summed E-state index contributed by atoms with van der Waals surface area (Å²) in [5.41, 5.74) is 4.65. The Bertz CT molecular complexity index is 2800. The zero-order chi connectivity index (χ0) is 52.2. The average Bonchev–Trinajstić information content (AvgIpc) is 4.15. The molecule has 1 atom stereocenters. The van der Waals surface area contributed by atoms with Crippen LogP contribution in [0.1, 0.15) is 91.2 Å². The van der Waals surface area contributed by atoms with Gasteiger partial charge < -0.3 is 42.8 Å². The lowest BCUT2D eigenvalue weighted by Gasteiger charge is -2.26. The molecule has 2 fully saturated rings. The normalized spacial score (nSPS) is 15.2. The minimum atomic E-state index is -4.88. The summed E-state index contributed by atoms with van der Waals surface area (Å²) in [4.78, 5) is 49.0. The Morgan fingerprint density at radius 2 is 0.986 bits per heavy atom. The molecule has 0 spiro atoms. The summed E-state index contributed by atoms with van der Waals surface area (Å²) in [6.45, 7) is 2.43. The summed E-state index contributed by atoms with van der Waals surface area (Å²) in [7, 11) is 2.03. The topological polar surface area (TPSA) is 287 Å². The smallest absolute Gasteiger partial charge is 0.408 e. The highest BCUT2D eigenvalue weighted by atomic mass is 19.4. The van der Waals surface area contributed by atoms with Crippen LogP contribution in [0.3, 0.4) is 0 Å². The third kappa shape index (κ3) is 16.7. The van der Waals surface area contributed by atoms with Crippen molar-refractivity contribution in [2.24, 2.45) is 5.73 Å². The number of nitrogens with zero attached hydrogens (tertiary/aromatic N) is 7. The molecular weight excluding hydrogens is 993 g/mol. The van der Waals surface area contributed by atoms with Gasteiger partial charge in [-0.1, -0.05) is 33.5 Å². The molecule has 72 heavy (non-hydrogen) atoms. The van der Waals surface area contributed by atoms with Crippen LogP contribution in [0, 0.1) is 0 Å². The number of rotatable bonds is 12. The summed E-state index contributed by atoms with van der Waals surface area (Å²) in [5.74, 6) is -4.45. The highest BCUT2D eigenvalue weighted by Gasteiger charge is 2.33. The largest absolute Gasteiger partial charge is 0.573 e. The van der Waals surface area contributed by atoms with E-state index < -0.39 is 71.9 Å². The number of nitrogens with two attached hydrogens (primary N) is 1. The predicted octanol–water partition coefficient (Wildman–Crippen LogP) is 7.42. The molecule has 384 valence electrons. The van der Waals surface area contributed by atoms with Gasteiger partial charge in [0.15, 0.2) is 0 Å². The highest BCUT2D eigenvalue weighted by molar-refractivity contribution is 6.04. The number of anilines is 3. The van der Waals surface area contributed by atoms with Crippen molar-refractivity contribution in [3.8, 4) is 17.2 Å². The molecular formula is C41H36F9N11O11. The van der Waals surface area contributed by atoms with Gasteiger partial charge in [-0.15, -0.1) is 54.8 Å². The van der Waals surface area contributed by atoms with E-state index in [9.17, 15) is 58.7 Å². The van der Waals surface area contributed by atoms with Gasteiger partial charge in [0, 0.05) is 29.2 Å². The van der Waals surface area contributed by atoms with Crippen LogP contribution in [0.15, 0.2) is 86.0 Å². The number of carbonyl (C=O) groups excluding carboxylic acids is 4. The fourth-order valence-electron chi connectivity index (χ4n) is 6.28. The Morgan fingerprint density at radius 1 is 0.583 bits per heavy atom. The van der Waals surface area contributed by atoms with Gasteiger partial charge in [-0.2, -0.15) is 0 Å². The van der Waals surface area contributed by atoms with Crippen LogP contribution in [0.2, 0.25) is 0 Å². The molecule has 2 aliphatic heterocycles. The predicted molar refractivity (Wildman–Crippen MR) is 222 cm³/mol. The number of primary amides is 1. The summed E-state index contributed by atoms with van der Waals surface area (Å²) in [5, 5.41) is 28.6.